The summed E-state index contributed by atoms with van der Waals surface area (Å²) in [5.41, 5.74) is 4.59. The molecule has 1 aromatic carbocycles. The monoisotopic (exact) mass is 466 g/mol. The Bertz CT molecular complexity index is 1000. The van der Waals surface area contributed by atoms with Crippen LogP contribution in [-0.2, 0) is 9.53 Å². The molecule has 2 heterocycles. The summed E-state index contributed by atoms with van der Waals surface area (Å²) in [6.45, 7) is 2.62. The van der Waals surface area contributed by atoms with E-state index >= 15 is 0 Å². The highest BCUT2D eigenvalue weighted by Crippen LogP contribution is 2.29. The van der Waals surface area contributed by atoms with Gasteiger partial charge in [0, 0.05) is 31.4 Å². The van der Waals surface area contributed by atoms with E-state index < -0.39 is 23.6 Å². The summed E-state index contributed by atoms with van der Waals surface area (Å²) < 4.78 is 37.5. The SMILES string of the molecule is COC(=O)c1cc(NN2CCN(c3cc(F)cc(F)c3)CC2C(=O)SC)c(OC)nc1C. The number of anilines is 2. The number of benzene rings is 1. The molecule has 0 spiro atoms. The number of piperazine rings is 1. The predicted octanol–water partition coefficient (Wildman–Crippen LogP) is 2.87. The number of ether oxygens (including phenoxy) is 2. The zero-order chi connectivity index (χ0) is 23.4. The van der Waals surface area contributed by atoms with E-state index in [0.29, 0.717) is 30.2 Å². The maximum Gasteiger partial charge on any atom is 0.339 e. The number of nitrogens with zero attached hydrogens (tertiary/aromatic N) is 3. The topological polar surface area (TPSA) is 84.0 Å². The van der Waals surface area contributed by atoms with Crippen LogP contribution in [0.3, 0.4) is 0 Å². The van der Waals surface area contributed by atoms with Crippen LogP contribution >= 0.6 is 11.8 Å². The zero-order valence-corrected chi connectivity index (χ0v) is 19.0. The Labute approximate surface area is 188 Å². The van der Waals surface area contributed by atoms with Gasteiger partial charge in [-0.05, 0) is 31.4 Å². The van der Waals surface area contributed by atoms with E-state index in [1.165, 1.54) is 26.4 Å². The van der Waals surface area contributed by atoms with Crippen LogP contribution in [0.2, 0.25) is 0 Å². The molecular weight excluding hydrogens is 442 g/mol. The molecule has 1 atom stereocenters. The molecule has 1 aromatic heterocycles. The lowest BCUT2D eigenvalue weighted by Gasteiger charge is -2.41. The van der Waals surface area contributed by atoms with E-state index in [-0.39, 0.29) is 23.1 Å². The number of methoxy groups -OCH3 is 2. The Morgan fingerprint density at radius 3 is 2.44 bits per heavy atom. The smallest absolute Gasteiger partial charge is 0.339 e. The minimum atomic E-state index is -0.681. The number of hydrogen-bond acceptors (Lipinski definition) is 9. The molecule has 2 aromatic rings. The average molecular weight is 467 g/mol. The fourth-order valence-corrected chi connectivity index (χ4v) is 3.98. The first kappa shape index (κ1) is 23.7. The van der Waals surface area contributed by atoms with Gasteiger partial charge in [-0.25, -0.2) is 23.6 Å². The normalized spacial score (nSPS) is 16.6. The number of esters is 1. The maximum absolute atomic E-state index is 13.7. The van der Waals surface area contributed by atoms with Gasteiger partial charge in [0.2, 0.25) is 11.0 Å². The Kier molecular flexibility index (Phi) is 7.52. The minimum absolute atomic E-state index is 0.133. The molecule has 0 aliphatic carbocycles. The summed E-state index contributed by atoms with van der Waals surface area (Å²) in [6.07, 6.45) is 1.67. The van der Waals surface area contributed by atoms with E-state index in [2.05, 4.69) is 10.4 Å². The first-order valence-electron chi connectivity index (χ1n) is 9.73. The molecule has 1 aliphatic heterocycles. The Morgan fingerprint density at radius 1 is 1.16 bits per heavy atom. The minimum Gasteiger partial charge on any atom is -0.479 e. The van der Waals surface area contributed by atoms with Crippen LogP contribution in [0.1, 0.15) is 16.1 Å². The second-order valence-corrected chi connectivity index (χ2v) is 7.90. The van der Waals surface area contributed by atoms with Crippen molar-refractivity contribution in [3.05, 3.63) is 47.2 Å². The van der Waals surface area contributed by atoms with Gasteiger partial charge in [0.05, 0.1) is 25.5 Å². The van der Waals surface area contributed by atoms with Gasteiger partial charge in [0.25, 0.3) is 0 Å². The van der Waals surface area contributed by atoms with Gasteiger partial charge in [-0.2, -0.15) is 0 Å². The lowest BCUT2D eigenvalue weighted by Crippen LogP contribution is -2.58. The summed E-state index contributed by atoms with van der Waals surface area (Å²) in [5.74, 6) is -1.66. The third kappa shape index (κ3) is 5.10. The first-order valence-corrected chi connectivity index (χ1v) is 11.0. The molecule has 1 aliphatic rings. The number of pyridine rings is 1. The van der Waals surface area contributed by atoms with Gasteiger partial charge < -0.3 is 19.8 Å². The average Bonchev–Trinajstić information content (AvgIpc) is 2.78. The summed E-state index contributed by atoms with van der Waals surface area (Å²) in [4.78, 5) is 30.8. The third-order valence-electron chi connectivity index (χ3n) is 5.11. The molecule has 32 heavy (non-hydrogen) atoms. The number of nitrogens with one attached hydrogen (secondary N) is 1. The van der Waals surface area contributed by atoms with Crippen LogP contribution < -0.4 is 15.1 Å². The number of carbonyl (C=O) groups excluding carboxylic acids is 2. The molecule has 1 fully saturated rings. The van der Waals surface area contributed by atoms with Crippen molar-refractivity contribution in [1.29, 1.82) is 0 Å². The van der Waals surface area contributed by atoms with Gasteiger partial charge in [-0.15, -0.1) is 0 Å². The second-order valence-electron chi connectivity index (χ2n) is 7.09. The molecule has 0 bridgehead atoms. The number of aromatic nitrogens is 1. The molecule has 1 N–H and O–H groups in total. The Hall–Kier alpha value is -2.92. The molecule has 0 radical (unpaired) electrons. The highest BCUT2D eigenvalue weighted by Gasteiger charge is 2.33. The molecule has 1 saturated heterocycles. The van der Waals surface area contributed by atoms with Gasteiger partial charge in [-0.1, -0.05) is 11.8 Å². The second kappa shape index (κ2) is 10.1. The Morgan fingerprint density at radius 2 is 1.84 bits per heavy atom. The number of halogens is 2. The predicted molar refractivity (Wildman–Crippen MR) is 118 cm³/mol. The van der Waals surface area contributed by atoms with Crippen LogP contribution in [0.5, 0.6) is 5.88 Å². The van der Waals surface area contributed by atoms with Gasteiger partial charge in [0.15, 0.2) is 0 Å². The number of rotatable bonds is 6. The van der Waals surface area contributed by atoms with Gasteiger partial charge >= 0.3 is 5.97 Å². The Balaban J connectivity index is 1.89. The number of hydrazine groups is 1. The van der Waals surface area contributed by atoms with Crippen molar-refractivity contribution < 1.29 is 27.8 Å². The zero-order valence-electron chi connectivity index (χ0n) is 18.1. The number of carbonyl (C=O) groups is 2. The molecule has 172 valence electrons. The van der Waals surface area contributed by atoms with E-state index in [1.807, 2.05) is 0 Å². The van der Waals surface area contributed by atoms with Crippen molar-refractivity contribution in [1.82, 2.24) is 9.99 Å². The van der Waals surface area contributed by atoms with Crippen LogP contribution in [-0.4, -0.2) is 67.2 Å². The van der Waals surface area contributed by atoms with Crippen molar-refractivity contribution >= 4 is 34.2 Å². The summed E-state index contributed by atoms with van der Waals surface area (Å²) in [7, 11) is 2.73. The van der Waals surface area contributed by atoms with E-state index in [9.17, 15) is 18.4 Å². The molecule has 3 rings (SSSR count). The quantitative estimate of drug-likeness (QED) is 0.646. The van der Waals surface area contributed by atoms with Crippen LogP contribution in [0.25, 0.3) is 0 Å². The molecule has 0 saturated carbocycles. The molecule has 1 unspecified atom stereocenters. The van der Waals surface area contributed by atoms with Crippen molar-refractivity contribution in [3.63, 3.8) is 0 Å². The lowest BCUT2D eigenvalue weighted by atomic mass is 10.1. The number of hydrogen-bond donors (Lipinski definition) is 1. The summed E-state index contributed by atoms with van der Waals surface area (Å²) in [5, 5.41) is 1.58. The molecule has 0 amide bonds. The van der Waals surface area contributed by atoms with Crippen LogP contribution in [0.4, 0.5) is 20.2 Å². The molecule has 11 heteroatoms. The number of thioether (sulfide) groups is 1. The summed E-state index contributed by atoms with van der Waals surface area (Å²) in [6, 6.07) is 4.20. The highest BCUT2D eigenvalue weighted by molar-refractivity contribution is 8.13. The highest BCUT2D eigenvalue weighted by atomic mass is 32.2. The lowest BCUT2D eigenvalue weighted by molar-refractivity contribution is -0.115. The summed E-state index contributed by atoms with van der Waals surface area (Å²) >= 11 is 1.06. The first-order chi connectivity index (χ1) is 15.3. The standard InChI is InChI=1S/C21H24F2N4O4S/c1-12-16(20(28)31-3)10-17(19(24-12)30-2)25-27-6-5-26(11-18(27)21(29)32-4)15-8-13(22)7-14(23)9-15/h7-10,18,25H,5-6,11H2,1-4H3. The van der Waals surface area contributed by atoms with Gasteiger partial charge in [0.1, 0.15) is 23.4 Å². The van der Waals surface area contributed by atoms with Gasteiger partial charge in [-0.3, -0.25) is 4.79 Å². The van der Waals surface area contributed by atoms with E-state index in [1.54, 1.807) is 29.2 Å². The van der Waals surface area contributed by atoms with Crippen molar-refractivity contribution in [2.24, 2.45) is 0 Å². The maximum atomic E-state index is 13.7. The molecule has 8 nitrogen and oxygen atoms in total. The van der Waals surface area contributed by atoms with Crippen molar-refractivity contribution in [3.8, 4) is 5.88 Å². The van der Waals surface area contributed by atoms with Crippen LogP contribution in [0, 0.1) is 18.6 Å². The molecular formula is C21H24F2N4O4S. The fraction of sp³-hybridized carbons (Fsp3) is 0.381. The van der Waals surface area contributed by atoms with E-state index in [0.717, 1.165) is 17.8 Å². The largest absolute Gasteiger partial charge is 0.479 e. The third-order valence-corrected chi connectivity index (χ3v) is 5.78. The van der Waals surface area contributed by atoms with Crippen molar-refractivity contribution in [2.45, 2.75) is 13.0 Å². The van der Waals surface area contributed by atoms with Crippen molar-refractivity contribution in [2.75, 3.05) is 50.4 Å². The fourth-order valence-electron chi connectivity index (χ4n) is 3.50. The number of aryl methyl sites for hydroxylation is 1. The van der Waals surface area contributed by atoms with Crippen LogP contribution in [0.15, 0.2) is 24.3 Å². The van der Waals surface area contributed by atoms with E-state index in [4.69, 9.17) is 9.47 Å².